The number of anilines is 1. The van der Waals surface area contributed by atoms with Gasteiger partial charge in [-0.3, -0.25) is 0 Å². The van der Waals surface area contributed by atoms with Crippen molar-refractivity contribution in [1.29, 1.82) is 0 Å². The molecule has 0 unspecified atom stereocenters. The zero-order valence-corrected chi connectivity index (χ0v) is 12.4. The Morgan fingerprint density at radius 3 is 2.60 bits per heavy atom. The lowest BCUT2D eigenvalue weighted by Crippen LogP contribution is -1.87. The van der Waals surface area contributed by atoms with Gasteiger partial charge in [0, 0.05) is 12.6 Å². The molecule has 20 heavy (non-hydrogen) atoms. The second kappa shape index (κ2) is 5.56. The van der Waals surface area contributed by atoms with Crippen molar-refractivity contribution in [1.82, 2.24) is 15.2 Å². The fraction of sp³-hybridized carbons (Fsp3) is 0.154. The molecule has 0 aliphatic rings. The summed E-state index contributed by atoms with van der Waals surface area (Å²) in [6.07, 6.45) is 2.62. The SMILES string of the molecule is COc1ccc(Cc2ncc(-c3nnc(N)s3)s2)cc1. The Balaban J connectivity index is 1.76. The predicted octanol–water partition coefficient (Wildman–Crippen LogP) is 2.84. The summed E-state index contributed by atoms with van der Waals surface area (Å²) >= 11 is 2.99. The van der Waals surface area contributed by atoms with Crippen LogP contribution in [0.3, 0.4) is 0 Å². The standard InChI is InChI=1S/C13H12N4OS2/c1-18-9-4-2-8(3-5-9)6-11-15-7-10(19-11)12-16-17-13(14)20-12/h2-5,7H,6H2,1H3,(H2,14,17). The number of nitrogen functional groups attached to an aromatic ring is 1. The van der Waals surface area contributed by atoms with E-state index in [4.69, 9.17) is 10.5 Å². The van der Waals surface area contributed by atoms with Gasteiger partial charge in [0.15, 0.2) is 5.01 Å². The average Bonchev–Trinajstić information content (AvgIpc) is 3.09. The minimum atomic E-state index is 0.477. The number of ether oxygens (including phenoxy) is 1. The van der Waals surface area contributed by atoms with Gasteiger partial charge in [0.25, 0.3) is 0 Å². The molecule has 1 aromatic carbocycles. The zero-order chi connectivity index (χ0) is 13.9. The number of rotatable bonds is 4. The van der Waals surface area contributed by atoms with Crippen molar-refractivity contribution in [3.63, 3.8) is 0 Å². The van der Waals surface area contributed by atoms with Crippen molar-refractivity contribution in [3.05, 3.63) is 41.0 Å². The van der Waals surface area contributed by atoms with E-state index in [9.17, 15) is 0 Å². The lowest BCUT2D eigenvalue weighted by Gasteiger charge is -2.01. The van der Waals surface area contributed by atoms with Gasteiger partial charge >= 0.3 is 0 Å². The Morgan fingerprint density at radius 2 is 1.95 bits per heavy atom. The van der Waals surface area contributed by atoms with E-state index in [1.807, 2.05) is 30.5 Å². The van der Waals surface area contributed by atoms with Gasteiger partial charge < -0.3 is 10.5 Å². The maximum atomic E-state index is 5.59. The van der Waals surface area contributed by atoms with Crippen LogP contribution in [0.15, 0.2) is 30.5 Å². The van der Waals surface area contributed by atoms with Crippen LogP contribution in [0.1, 0.15) is 10.6 Å². The van der Waals surface area contributed by atoms with Gasteiger partial charge in [-0.05, 0) is 17.7 Å². The third-order valence-corrected chi connectivity index (χ3v) is 4.64. The van der Waals surface area contributed by atoms with Crippen molar-refractivity contribution < 1.29 is 4.74 Å². The molecular weight excluding hydrogens is 292 g/mol. The normalized spacial score (nSPS) is 10.7. The molecule has 2 N–H and O–H groups in total. The number of thiazole rings is 1. The maximum absolute atomic E-state index is 5.59. The van der Waals surface area contributed by atoms with E-state index in [0.29, 0.717) is 5.13 Å². The van der Waals surface area contributed by atoms with Crippen LogP contribution in [0.2, 0.25) is 0 Å². The van der Waals surface area contributed by atoms with Crippen LogP contribution < -0.4 is 10.5 Å². The summed E-state index contributed by atoms with van der Waals surface area (Å²) in [5, 5.41) is 10.2. The van der Waals surface area contributed by atoms with Crippen molar-refractivity contribution in [3.8, 4) is 15.6 Å². The second-order valence-electron chi connectivity index (χ2n) is 4.09. The van der Waals surface area contributed by atoms with E-state index in [0.717, 1.165) is 27.1 Å². The highest BCUT2D eigenvalue weighted by molar-refractivity contribution is 7.23. The summed E-state index contributed by atoms with van der Waals surface area (Å²) in [7, 11) is 1.66. The third kappa shape index (κ3) is 2.78. The Labute approximate surface area is 124 Å². The molecule has 0 radical (unpaired) electrons. The highest BCUT2D eigenvalue weighted by Gasteiger charge is 2.09. The topological polar surface area (TPSA) is 73.9 Å². The van der Waals surface area contributed by atoms with Gasteiger partial charge in [-0.2, -0.15) is 0 Å². The van der Waals surface area contributed by atoms with E-state index >= 15 is 0 Å². The number of benzene rings is 1. The van der Waals surface area contributed by atoms with Crippen LogP contribution >= 0.6 is 22.7 Å². The molecule has 0 aliphatic heterocycles. The monoisotopic (exact) mass is 304 g/mol. The number of hydrogen-bond donors (Lipinski definition) is 1. The Hall–Kier alpha value is -1.99. The highest BCUT2D eigenvalue weighted by Crippen LogP contribution is 2.30. The molecule has 102 valence electrons. The Kier molecular flexibility index (Phi) is 3.62. The molecule has 3 rings (SSSR count). The zero-order valence-electron chi connectivity index (χ0n) is 10.7. The van der Waals surface area contributed by atoms with Gasteiger partial charge in [-0.15, -0.1) is 21.5 Å². The molecule has 0 saturated carbocycles. The van der Waals surface area contributed by atoms with Crippen LogP contribution in [0.25, 0.3) is 9.88 Å². The first-order chi connectivity index (χ1) is 9.74. The summed E-state index contributed by atoms with van der Waals surface area (Å²) in [4.78, 5) is 5.43. The van der Waals surface area contributed by atoms with Gasteiger partial charge in [-0.25, -0.2) is 4.98 Å². The first kappa shape index (κ1) is 13.0. The number of methoxy groups -OCH3 is 1. The van der Waals surface area contributed by atoms with Gasteiger partial charge in [-0.1, -0.05) is 23.5 Å². The second-order valence-corrected chi connectivity index (χ2v) is 6.21. The molecule has 7 heteroatoms. The maximum Gasteiger partial charge on any atom is 0.203 e. The van der Waals surface area contributed by atoms with Crippen LogP contribution in [-0.4, -0.2) is 22.3 Å². The quantitative estimate of drug-likeness (QED) is 0.802. The summed E-state index contributed by atoms with van der Waals surface area (Å²) in [6.45, 7) is 0. The summed E-state index contributed by atoms with van der Waals surface area (Å²) < 4.78 is 5.14. The van der Waals surface area contributed by atoms with Crippen LogP contribution in [0, 0.1) is 0 Å². The molecule has 2 aromatic heterocycles. The number of aromatic nitrogens is 3. The van der Waals surface area contributed by atoms with Crippen LogP contribution in [0.4, 0.5) is 5.13 Å². The summed E-state index contributed by atoms with van der Waals surface area (Å²) in [6, 6.07) is 8.00. The lowest BCUT2D eigenvalue weighted by atomic mass is 10.1. The molecule has 5 nitrogen and oxygen atoms in total. The largest absolute Gasteiger partial charge is 0.497 e. The van der Waals surface area contributed by atoms with Crippen LogP contribution in [-0.2, 0) is 6.42 Å². The van der Waals surface area contributed by atoms with Crippen molar-refractivity contribution in [2.45, 2.75) is 6.42 Å². The summed E-state index contributed by atoms with van der Waals surface area (Å²) in [5.41, 5.74) is 6.79. The Morgan fingerprint density at radius 1 is 1.15 bits per heavy atom. The number of nitrogens with two attached hydrogens (primary N) is 1. The van der Waals surface area contributed by atoms with E-state index < -0.39 is 0 Å². The van der Waals surface area contributed by atoms with Crippen molar-refractivity contribution >= 4 is 27.8 Å². The average molecular weight is 304 g/mol. The Bertz CT molecular complexity index is 705. The molecule has 0 bridgehead atoms. The van der Waals surface area contributed by atoms with Gasteiger partial charge in [0.2, 0.25) is 5.13 Å². The molecule has 0 aliphatic carbocycles. The van der Waals surface area contributed by atoms with Crippen molar-refractivity contribution in [2.24, 2.45) is 0 Å². The third-order valence-electron chi connectivity index (χ3n) is 2.72. The lowest BCUT2D eigenvalue weighted by molar-refractivity contribution is 0.414. The molecular formula is C13H12N4OS2. The molecule has 0 fully saturated rings. The molecule has 0 spiro atoms. The van der Waals surface area contributed by atoms with Crippen LogP contribution in [0.5, 0.6) is 5.75 Å². The fourth-order valence-electron chi connectivity index (χ4n) is 1.74. The first-order valence-corrected chi connectivity index (χ1v) is 7.55. The molecule has 0 amide bonds. The van der Waals surface area contributed by atoms with E-state index in [-0.39, 0.29) is 0 Å². The smallest absolute Gasteiger partial charge is 0.203 e. The molecule has 0 atom stereocenters. The minimum Gasteiger partial charge on any atom is -0.497 e. The molecule has 3 aromatic rings. The van der Waals surface area contributed by atoms with E-state index in [1.54, 1.807) is 18.4 Å². The minimum absolute atomic E-state index is 0.477. The first-order valence-electron chi connectivity index (χ1n) is 5.91. The predicted molar refractivity (Wildman–Crippen MR) is 81.2 cm³/mol. The van der Waals surface area contributed by atoms with E-state index in [1.165, 1.54) is 16.9 Å². The molecule has 0 saturated heterocycles. The number of nitrogens with zero attached hydrogens (tertiary/aromatic N) is 3. The van der Waals surface area contributed by atoms with Gasteiger partial charge in [0.1, 0.15) is 5.75 Å². The summed E-state index contributed by atoms with van der Waals surface area (Å²) in [5.74, 6) is 0.859. The highest BCUT2D eigenvalue weighted by atomic mass is 32.1. The van der Waals surface area contributed by atoms with Crippen molar-refractivity contribution in [2.75, 3.05) is 12.8 Å². The fourth-order valence-corrected chi connectivity index (χ4v) is 3.34. The molecule has 2 heterocycles. The van der Waals surface area contributed by atoms with Gasteiger partial charge in [0.05, 0.1) is 17.0 Å². The number of hydrogen-bond acceptors (Lipinski definition) is 7. The van der Waals surface area contributed by atoms with E-state index in [2.05, 4.69) is 15.2 Å².